The number of nitrogens with one attached hydrogen (secondary N) is 2. The van der Waals surface area contributed by atoms with Crippen molar-refractivity contribution in [2.24, 2.45) is 0 Å². The van der Waals surface area contributed by atoms with Gasteiger partial charge in [0.25, 0.3) is 11.8 Å². The van der Waals surface area contributed by atoms with Gasteiger partial charge in [0.15, 0.2) is 13.2 Å². The quantitative estimate of drug-likeness (QED) is 0.594. The van der Waals surface area contributed by atoms with Gasteiger partial charge in [-0.2, -0.15) is 0 Å². The van der Waals surface area contributed by atoms with Crippen LogP contribution in [0.3, 0.4) is 0 Å². The van der Waals surface area contributed by atoms with E-state index in [2.05, 4.69) is 22.2 Å². The lowest BCUT2D eigenvalue weighted by molar-refractivity contribution is -0.123. The summed E-state index contributed by atoms with van der Waals surface area (Å²) >= 11 is 11.7. The van der Waals surface area contributed by atoms with Gasteiger partial charge in [0.2, 0.25) is 0 Å². The zero-order valence-electron chi connectivity index (χ0n) is 15.8. The number of benzene rings is 1. The largest absolute Gasteiger partial charge is 0.484 e. The van der Waals surface area contributed by atoms with E-state index in [9.17, 15) is 9.59 Å². The number of nitrogens with zero attached hydrogens (tertiary/aromatic N) is 1. The Kier molecular flexibility index (Phi) is 8.76. The summed E-state index contributed by atoms with van der Waals surface area (Å²) in [5, 5.41) is 6.04. The fraction of sp³-hybridized carbons (Fsp3) is 0.250. The predicted octanol–water partition coefficient (Wildman–Crippen LogP) is 3.29. The molecule has 0 bridgehead atoms. The van der Waals surface area contributed by atoms with Crippen LogP contribution in [0.4, 0.5) is 0 Å². The van der Waals surface area contributed by atoms with Gasteiger partial charge < -0.3 is 20.1 Å². The van der Waals surface area contributed by atoms with Crippen LogP contribution in [0.25, 0.3) is 0 Å². The average molecular weight is 438 g/mol. The molecule has 9 heteroatoms. The maximum absolute atomic E-state index is 11.9. The van der Waals surface area contributed by atoms with E-state index < -0.39 is 0 Å². The second kappa shape index (κ2) is 11.3. The van der Waals surface area contributed by atoms with Crippen molar-refractivity contribution in [3.05, 3.63) is 64.5 Å². The van der Waals surface area contributed by atoms with E-state index in [1.165, 1.54) is 6.07 Å². The molecule has 0 fully saturated rings. The van der Waals surface area contributed by atoms with Crippen molar-refractivity contribution in [3.8, 4) is 11.5 Å². The molecule has 0 unspecified atom stereocenters. The van der Waals surface area contributed by atoms with E-state index in [0.717, 1.165) is 5.69 Å². The molecule has 154 valence electrons. The lowest BCUT2D eigenvalue weighted by atomic mass is 10.3. The predicted molar refractivity (Wildman–Crippen MR) is 111 cm³/mol. The van der Waals surface area contributed by atoms with Crippen molar-refractivity contribution in [3.63, 3.8) is 0 Å². The van der Waals surface area contributed by atoms with Crippen LogP contribution in [-0.2, 0) is 9.59 Å². The molecular formula is C20H21Cl2N3O4. The number of halogens is 2. The smallest absolute Gasteiger partial charge is 0.262 e. The lowest BCUT2D eigenvalue weighted by Crippen LogP contribution is -2.32. The van der Waals surface area contributed by atoms with E-state index in [4.69, 9.17) is 32.7 Å². The normalized spacial score (nSPS) is 10.2. The van der Waals surface area contributed by atoms with Crippen molar-refractivity contribution in [1.82, 2.24) is 15.6 Å². The summed E-state index contributed by atoms with van der Waals surface area (Å²) in [4.78, 5) is 27.8. The van der Waals surface area contributed by atoms with Crippen LogP contribution in [0.1, 0.15) is 12.1 Å². The van der Waals surface area contributed by atoms with E-state index in [0.29, 0.717) is 40.2 Å². The van der Waals surface area contributed by atoms with Crippen molar-refractivity contribution in [2.45, 2.75) is 13.3 Å². The number of amides is 2. The molecule has 2 amide bonds. The van der Waals surface area contributed by atoms with Gasteiger partial charge in [-0.1, -0.05) is 29.8 Å². The number of aromatic nitrogens is 1. The first-order valence-corrected chi connectivity index (χ1v) is 9.46. The molecule has 0 spiro atoms. The van der Waals surface area contributed by atoms with Crippen LogP contribution >= 0.6 is 23.2 Å². The molecule has 1 heterocycles. The molecule has 0 saturated heterocycles. The van der Waals surface area contributed by atoms with Crippen LogP contribution < -0.4 is 20.1 Å². The maximum Gasteiger partial charge on any atom is 0.262 e. The van der Waals surface area contributed by atoms with E-state index in [-0.39, 0.29) is 25.0 Å². The maximum atomic E-state index is 11.9. The highest BCUT2D eigenvalue weighted by molar-refractivity contribution is 6.42. The van der Waals surface area contributed by atoms with Gasteiger partial charge in [-0.25, -0.2) is 0 Å². The number of hydrogen-bond acceptors (Lipinski definition) is 5. The third-order valence-electron chi connectivity index (χ3n) is 3.58. The zero-order valence-corrected chi connectivity index (χ0v) is 17.3. The number of carbonyl (C=O) groups is 2. The summed E-state index contributed by atoms with van der Waals surface area (Å²) in [6, 6.07) is 8.26. The second-order valence-electron chi connectivity index (χ2n) is 6.04. The molecule has 2 aromatic rings. The first-order chi connectivity index (χ1) is 13.8. The fourth-order valence-electron chi connectivity index (χ4n) is 2.10. The minimum Gasteiger partial charge on any atom is -0.484 e. The van der Waals surface area contributed by atoms with Crippen molar-refractivity contribution in [1.29, 1.82) is 0 Å². The summed E-state index contributed by atoms with van der Waals surface area (Å²) in [6.07, 6.45) is 1.92. The molecule has 0 aliphatic heterocycles. The summed E-state index contributed by atoms with van der Waals surface area (Å²) in [7, 11) is 0. The molecule has 0 saturated carbocycles. The lowest BCUT2D eigenvalue weighted by Gasteiger charge is -2.11. The number of rotatable bonds is 10. The van der Waals surface area contributed by atoms with E-state index >= 15 is 0 Å². The SMILES string of the molecule is C=C(CCNC(=O)COc1ccc(Cl)c(Cl)c1)NC(=O)COc1ccc(C)nc1. The van der Waals surface area contributed by atoms with Crippen LogP contribution in [0, 0.1) is 6.92 Å². The average Bonchev–Trinajstić information content (AvgIpc) is 2.68. The van der Waals surface area contributed by atoms with Gasteiger partial charge in [-0.15, -0.1) is 0 Å². The first kappa shape index (κ1) is 22.5. The Bertz CT molecular complexity index is 873. The zero-order chi connectivity index (χ0) is 21.2. The van der Waals surface area contributed by atoms with Gasteiger partial charge in [-0.3, -0.25) is 14.6 Å². The van der Waals surface area contributed by atoms with Gasteiger partial charge in [0, 0.05) is 30.4 Å². The molecule has 0 aliphatic carbocycles. The Morgan fingerprint density at radius 3 is 2.41 bits per heavy atom. The molecule has 1 aromatic carbocycles. The molecule has 2 rings (SSSR count). The van der Waals surface area contributed by atoms with Crippen LogP contribution in [0.2, 0.25) is 10.0 Å². The standard InChI is InChI=1S/C20H21Cl2N3O4/c1-13-3-4-16(10-24-13)29-12-20(27)25-14(2)7-8-23-19(26)11-28-15-5-6-17(21)18(22)9-15/h3-6,9-10H,2,7-8,11-12H2,1H3,(H,23,26)(H,25,27). The molecule has 2 N–H and O–H groups in total. The first-order valence-electron chi connectivity index (χ1n) is 8.71. The summed E-state index contributed by atoms with van der Waals surface area (Å²) in [6.45, 7) is 5.59. The molecule has 0 aliphatic rings. The van der Waals surface area contributed by atoms with Crippen molar-refractivity contribution < 1.29 is 19.1 Å². The summed E-state index contributed by atoms with van der Waals surface area (Å²) in [5.74, 6) is 0.288. The number of ether oxygens (including phenoxy) is 2. The minimum atomic E-state index is -0.343. The van der Waals surface area contributed by atoms with Gasteiger partial charge in [-0.05, 0) is 31.2 Å². The summed E-state index contributed by atoms with van der Waals surface area (Å²) in [5.41, 5.74) is 1.32. The highest BCUT2D eigenvalue weighted by Crippen LogP contribution is 2.26. The second-order valence-corrected chi connectivity index (χ2v) is 6.85. The van der Waals surface area contributed by atoms with Gasteiger partial charge in [0.05, 0.1) is 16.2 Å². The number of carbonyl (C=O) groups excluding carboxylic acids is 2. The molecular weight excluding hydrogens is 417 g/mol. The third-order valence-corrected chi connectivity index (χ3v) is 4.32. The van der Waals surface area contributed by atoms with Crippen LogP contribution in [0.15, 0.2) is 48.8 Å². The highest BCUT2D eigenvalue weighted by Gasteiger charge is 2.07. The Morgan fingerprint density at radius 1 is 1.03 bits per heavy atom. The van der Waals surface area contributed by atoms with E-state index in [1.807, 2.05) is 6.92 Å². The Morgan fingerprint density at radius 2 is 1.72 bits per heavy atom. The highest BCUT2D eigenvalue weighted by atomic mass is 35.5. The van der Waals surface area contributed by atoms with E-state index in [1.54, 1.807) is 30.5 Å². The molecule has 29 heavy (non-hydrogen) atoms. The monoisotopic (exact) mass is 437 g/mol. The van der Waals surface area contributed by atoms with Crippen molar-refractivity contribution in [2.75, 3.05) is 19.8 Å². The minimum absolute atomic E-state index is 0.159. The van der Waals surface area contributed by atoms with Gasteiger partial charge >= 0.3 is 0 Å². The third kappa shape index (κ3) is 8.41. The van der Waals surface area contributed by atoms with Crippen LogP contribution in [-0.4, -0.2) is 36.6 Å². The molecule has 0 radical (unpaired) electrons. The Balaban J connectivity index is 1.60. The van der Waals surface area contributed by atoms with Gasteiger partial charge in [0.1, 0.15) is 11.5 Å². The molecule has 1 aromatic heterocycles. The Hall–Kier alpha value is -2.77. The van der Waals surface area contributed by atoms with Crippen LogP contribution in [0.5, 0.6) is 11.5 Å². The number of hydrogen-bond donors (Lipinski definition) is 2. The fourth-order valence-corrected chi connectivity index (χ4v) is 2.39. The molecule has 0 atom stereocenters. The summed E-state index contributed by atoms with van der Waals surface area (Å²) < 4.78 is 10.7. The molecule has 7 nitrogen and oxygen atoms in total. The number of pyridine rings is 1. The topological polar surface area (TPSA) is 89.6 Å². The number of aryl methyl sites for hydroxylation is 1. The Labute approximate surface area is 179 Å². The van der Waals surface area contributed by atoms with Crippen molar-refractivity contribution >= 4 is 35.0 Å².